The van der Waals surface area contributed by atoms with Crippen LogP contribution in [0.5, 0.6) is 0 Å². The Morgan fingerprint density at radius 1 is 0.635 bits per heavy atom. The molecule has 0 saturated carbocycles. The van der Waals surface area contributed by atoms with Gasteiger partial charge in [-0.05, 0) is 78.9 Å². The van der Waals surface area contributed by atoms with Gasteiger partial charge in [0.15, 0.2) is 0 Å². The van der Waals surface area contributed by atoms with E-state index >= 15 is 0 Å². The Labute approximate surface area is 308 Å². The maximum absolute atomic E-state index is 5.58. The zero-order valence-electron chi connectivity index (χ0n) is 31.8. The predicted octanol–water partition coefficient (Wildman–Crippen LogP) is 11.9. The van der Waals surface area contributed by atoms with E-state index in [0.717, 1.165) is 45.4 Å². The highest BCUT2D eigenvalue weighted by Crippen LogP contribution is 2.53. The van der Waals surface area contributed by atoms with E-state index in [-0.39, 0.29) is 10.8 Å². The van der Waals surface area contributed by atoms with Crippen LogP contribution in [-0.4, -0.2) is 19.3 Å². The zero-order chi connectivity index (χ0) is 36.5. The quantitative estimate of drug-likeness (QED) is 0.181. The number of imidazole rings is 1. The number of nitrogens with zero attached hydrogens (tertiary/aromatic N) is 5. The summed E-state index contributed by atoms with van der Waals surface area (Å²) >= 11 is 0. The molecule has 0 amide bonds. The minimum atomic E-state index is -0.220. The standard InChI is InChI=1S/C47H47N5/c1-30-26-31(2)41(32(3)27-30)42-43(33-16-11-10-12-17-33)52(49-44(42)46(4,5)6)36-22-23-38-40(29-36)51(39-21-14-13-20-37(39)47(38,7)8)35-19-15-18-34(28-35)45-48-24-25-50(45)9/h10-29H,1-9H3. The van der Waals surface area contributed by atoms with Gasteiger partial charge in [0.05, 0.1) is 28.5 Å². The first-order valence-corrected chi connectivity index (χ1v) is 18.2. The smallest absolute Gasteiger partial charge is 0.139 e. The van der Waals surface area contributed by atoms with Crippen LogP contribution in [0.15, 0.2) is 122 Å². The molecule has 0 aliphatic carbocycles. The fourth-order valence-corrected chi connectivity index (χ4v) is 8.35. The first-order valence-electron chi connectivity index (χ1n) is 18.2. The normalized spacial score (nSPS) is 13.6. The Bertz CT molecular complexity index is 2450. The molecule has 3 heterocycles. The molecule has 0 atom stereocenters. The molecule has 1 aliphatic heterocycles. The predicted molar refractivity (Wildman–Crippen MR) is 216 cm³/mol. The minimum Gasteiger partial charge on any atom is -0.334 e. The van der Waals surface area contributed by atoms with Crippen molar-refractivity contribution in [3.63, 3.8) is 0 Å². The van der Waals surface area contributed by atoms with Gasteiger partial charge in [0.1, 0.15) is 5.82 Å². The summed E-state index contributed by atoms with van der Waals surface area (Å²) in [5.74, 6) is 0.939. The minimum absolute atomic E-state index is 0.208. The Morgan fingerprint density at radius 2 is 1.31 bits per heavy atom. The van der Waals surface area contributed by atoms with Crippen molar-refractivity contribution in [3.8, 4) is 39.5 Å². The van der Waals surface area contributed by atoms with Crippen molar-refractivity contribution in [2.24, 2.45) is 7.05 Å². The van der Waals surface area contributed by atoms with Crippen molar-refractivity contribution in [1.29, 1.82) is 0 Å². The first kappa shape index (κ1) is 33.5. The van der Waals surface area contributed by atoms with Crippen LogP contribution in [0.3, 0.4) is 0 Å². The summed E-state index contributed by atoms with van der Waals surface area (Å²) in [6.07, 6.45) is 3.85. The second-order valence-corrected chi connectivity index (χ2v) is 16.0. The van der Waals surface area contributed by atoms with Gasteiger partial charge in [0.25, 0.3) is 0 Å². The summed E-state index contributed by atoms with van der Waals surface area (Å²) in [6.45, 7) is 18.2. The molecule has 2 aromatic heterocycles. The molecule has 1 aliphatic rings. The maximum atomic E-state index is 5.58. The lowest BCUT2D eigenvalue weighted by Gasteiger charge is -2.42. The molecular formula is C47H47N5. The van der Waals surface area contributed by atoms with Gasteiger partial charge < -0.3 is 9.47 Å². The maximum Gasteiger partial charge on any atom is 0.139 e. The van der Waals surface area contributed by atoms with Crippen LogP contribution < -0.4 is 4.90 Å². The van der Waals surface area contributed by atoms with Crippen LogP contribution in [0.1, 0.15) is 68.1 Å². The summed E-state index contributed by atoms with van der Waals surface area (Å²) < 4.78 is 4.28. The van der Waals surface area contributed by atoms with Gasteiger partial charge in [-0.2, -0.15) is 5.10 Å². The fourth-order valence-electron chi connectivity index (χ4n) is 8.35. The number of hydrogen-bond acceptors (Lipinski definition) is 3. The molecule has 7 aromatic rings. The third-order valence-electron chi connectivity index (χ3n) is 10.7. The van der Waals surface area contributed by atoms with Crippen molar-refractivity contribution in [2.75, 3.05) is 4.90 Å². The van der Waals surface area contributed by atoms with Gasteiger partial charge in [0, 0.05) is 52.6 Å². The molecule has 5 nitrogen and oxygen atoms in total. The highest BCUT2D eigenvalue weighted by molar-refractivity contribution is 5.90. The number of aryl methyl sites for hydroxylation is 4. The molecule has 0 radical (unpaired) electrons. The molecule has 260 valence electrons. The molecule has 52 heavy (non-hydrogen) atoms. The van der Waals surface area contributed by atoms with Crippen molar-refractivity contribution in [3.05, 3.63) is 155 Å². The van der Waals surface area contributed by atoms with Crippen LogP contribution in [0.25, 0.3) is 39.5 Å². The monoisotopic (exact) mass is 681 g/mol. The molecule has 5 heteroatoms. The summed E-state index contributed by atoms with van der Waals surface area (Å²) in [5, 5.41) is 5.58. The summed E-state index contributed by atoms with van der Waals surface area (Å²) in [4.78, 5) is 7.11. The Morgan fingerprint density at radius 3 is 2.00 bits per heavy atom. The topological polar surface area (TPSA) is 38.9 Å². The summed E-state index contributed by atoms with van der Waals surface area (Å²) in [5.41, 5.74) is 17.3. The second-order valence-electron chi connectivity index (χ2n) is 16.0. The number of aromatic nitrogens is 4. The number of hydrogen-bond donors (Lipinski definition) is 0. The van der Waals surface area contributed by atoms with E-state index in [4.69, 9.17) is 5.10 Å². The van der Waals surface area contributed by atoms with Crippen LogP contribution in [0, 0.1) is 20.8 Å². The van der Waals surface area contributed by atoms with Gasteiger partial charge in [-0.1, -0.05) is 119 Å². The van der Waals surface area contributed by atoms with E-state index in [1.807, 2.05) is 19.4 Å². The fraction of sp³-hybridized carbons (Fsp3) is 0.234. The van der Waals surface area contributed by atoms with Crippen molar-refractivity contribution >= 4 is 17.1 Å². The van der Waals surface area contributed by atoms with Crippen LogP contribution >= 0.6 is 0 Å². The van der Waals surface area contributed by atoms with E-state index in [9.17, 15) is 0 Å². The van der Waals surface area contributed by atoms with Crippen molar-refractivity contribution < 1.29 is 0 Å². The van der Waals surface area contributed by atoms with Crippen LogP contribution in [0.2, 0.25) is 0 Å². The number of rotatable bonds is 5. The van der Waals surface area contributed by atoms with E-state index < -0.39 is 0 Å². The molecule has 0 saturated heterocycles. The molecule has 0 bridgehead atoms. The van der Waals surface area contributed by atoms with E-state index in [1.165, 1.54) is 44.6 Å². The average molecular weight is 682 g/mol. The summed E-state index contributed by atoms with van der Waals surface area (Å²) in [6, 6.07) is 39.9. The lowest BCUT2D eigenvalue weighted by Crippen LogP contribution is -2.30. The Hall–Kier alpha value is -5.68. The molecular weight excluding hydrogens is 635 g/mol. The van der Waals surface area contributed by atoms with E-state index in [1.54, 1.807) is 0 Å². The summed E-state index contributed by atoms with van der Waals surface area (Å²) in [7, 11) is 2.05. The Balaban J connectivity index is 1.42. The van der Waals surface area contributed by atoms with Gasteiger partial charge in [-0.15, -0.1) is 0 Å². The van der Waals surface area contributed by atoms with Crippen LogP contribution in [-0.2, 0) is 17.9 Å². The lowest BCUT2D eigenvalue weighted by molar-refractivity contribution is 0.561. The molecule has 8 rings (SSSR count). The number of benzene rings is 5. The van der Waals surface area contributed by atoms with E-state index in [0.29, 0.717) is 0 Å². The second kappa shape index (κ2) is 12.2. The Kier molecular flexibility index (Phi) is 7.87. The largest absolute Gasteiger partial charge is 0.334 e. The molecule has 0 spiro atoms. The molecule has 5 aromatic carbocycles. The highest BCUT2D eigenvalue weighted by atomic mass is 15.3. The van der Waals surface area contributed by atoms with E-state index in [2.05, 4.69) is 184 Å². The van der Waals surface area contributed by atoms with Crippen molar-refractivity contribution in [2.45, 2.75) is 66.2 Å². The van der Waals surface area contributed by atoms with Gasteiger partial charge in [-0.25, -0.2) is 9.67 Å². The molecule has 0 fully saturated rings. The van der Waals surface area contributed by atoms with Crippen LogP contribution in [0.4, 0.5) is 17.1 Å². The molecule has 0 unspecified atom stereocenters. The van der Waals surface area contributed by atoms with Gasteiger partial charge in [-0.3, -0.25) is 0 Å². The van der Waals surface area contributed by atoms with Crippen molar-refractivity contribution in [1.82, 2.24) is 19.3 Å². The number of fused-ring (bicyclic) bond motifs is 2. The number of anilines is 3. The van der Waals surface area contributed by atoms with Gasteiger partial charge in [0.2, 0.25) is 0 Å². The highest BCUT2D eigenvalue weighted by Gasteiger charge is 2.38. The third kappa shape index (κ3) is 5.38. The lowest BCUT2D eigenvalue weighted by atomic mass is 9.73. The molecule has 0 N–H and O–H groups in total. The zero-order valence-corrected chi connectivity index (χ0v) is 31.8. The van der Waals surface area contributed by atoms with Gasteiger partial charge >= 0.3 is 0 Å². The first-order chi connectivity index (χ1) is 24.8. The SMILES string of the molecule is Cc1cc(C)c(-c2c(C(C)(C)C)nn(-c3ccc4c(c3)N(c3cccc(-c5nccn5C)c3)c3ccccc3C4(C)C)c2-c2ccccc2)c(C)c1. The number of para-hydroxylation sites is 1. The third-order valence-corrected chi connectivity index (χ3v) is 10.7. The average Bonchev–Trinajstić information content (AvgIpc) is 3.73.